The minimum atomic E-state index is -0.959. The molecular weight excluding hydrogens is 410 g/mol. The Labute approximate surface area is 165 Å². The Balaban J connectivity index is 1.78. The van der Waals surface area contributed by atoms with Gasteiger partial charge in [0.2, 0.25) is 0 Å². The average Bonchev–Trinajstić information content (AvgIpc) is 2.65. The van der Waals surface area contributed by atoms with Crippen LogP contribution in [-0.2, 0) is 13.2 Å². The summed E-state index contributed by atoms with van der Waals surface area (Å²) in [5.41, 5.74) is 2.58. The molecule has 2 aromatic carbocycles. The number of carboxylic acids is 1. The van der Waals surface area contributed by atoms with Crippen LogP contribution in [0.25, 0.3) is 0 Å². The summed E-state index contributed by atoms with van der Waals surface area (Å²) in [6.45, 7) is 2.46. The molecule has 3 rings (SSSR count). The van der Waals surface area contributed by atoms with Gasteiger partial charge in [-0.15, -0.1) is 0 Å². The lowest BCUT2D eigenvalue weighted by molar-refractivity contribution is 0.0696. The highest BCUT2D eigenvalue weighted by molar-refractivity contribution is 9.10. The van der Waals surface area contributed by atoms with Gasteiger partial charge in [0.1, 0.15) is 16.8 Å². The van der Waals surface area contributed by atoms with E-state index in [0.717, 1.165) is 11.1 Å². The number of carboxylic acid groups (broad SMARTS) is 1. The number of aromatic carboxylic acids is 1. The summed E-state index contributed by atoms with van der Waals surface area (Å²) in [4.78, 5) is 23.7. The molecule has 0 saturated carbocycles. The Kier molecular flexibility index (Phi) is 5.76. The first kappa shape index (κ1) is 18.9. The number of benzene rings is 2. The summed E-state index contributed by atoms with van der Waals surface area (Å²) in [6, 6.07) is 16.5. The maximum Gasteiger partial charge on any atom is 0.335 e. The van der Waals surface area contributed by atoms with E-state index in [0.29, 0.717) is 28.9 Å². The Morgan fingerprint density at radius 3 is 2.52 bits per heavy atom. The van der Waals surface area contributed by atoms with E-state index in [4.69, 9.17) is 9.84 Å². The lowest BCUT2D eigenvalue weighted by Crippen LogP contribution is -2.21. The predicted molar refractivity (Wildman–Crippen MR) is 106 cm³/mol. The third kappa shape index (κ3) is 4.46. The molecule has 0 bridgehead atoms. The van der Waals surface area contributed by atoms with E-state index in [9.17, 15) is 9.59 Å². The van der Waals surface area contributed by atoms with Gasteiger partial charge in [-0.2, -0.15) is 0 Å². The van der Waals surface area contributed by atoms with Crippen molar-refractivity contribution in [1.29, 1.82) is 0 Å². The molecule has 138 valence electrons. The molecular formula is C21H18BrNO4. The molecule has 0 fully saturated rings. The van der Waals surface area contributed by atoms with Gasteiger partial charge in [0.25, 0.3) is 5.56 Å². The second kappa shape index (κ2) is 8.22. The molecule has 3 aromatic rings. The molecule has 1 N–H and O–H groups in total. The van der Waals surface area contributed by atoms with Crippen LogP contribution in [0.4, 0.5) is 0 Å². The number of hydrogen-bond acceptors (Lipinski definition) is 3. The van der Waals surface area contributed by atoms with Crippen LogP contribution < -0.4 is 10.3 Å². The van der Waals surface area contributed by atoms with Gasteiger partial charge in [0.15, 0.2) is 0 Å². The summed E-state index contributed by atoms with van der Waals surface area (Å²) in [5, 5.41) is 9.11. The van der Waals surface area contributed by atoms with Crippen molar-refractivity contribution in [2.45, 2.75) is 20.1 Å². The quantitative estimate of drug-likeness (QED) is 0.638. The predicted octanol–water partition coefficient (Wildman–Crippen LogP) is 4.24. The van der Waals surface area contributed by atoms with Crippen LogP contribution in [0.15, 0.2) is 70.1 Å². The van der Waals surface area contributed by atoms with E-state index in [1.807, 2.05) is 30.3 Å². The number of halogens is 1. The Bertz CT molecular complexity index is 1030. The summed E-state index contributed by atoms with van der Waals surface area (Å²) < 4.78 is 7.66. The van der Waals surface area contributed by atoms with Crippen LogP contribution in [0, 0.1) is 6.92 Å². The Morgan fingerprint density at radius 2 is 1.85 bits per heavy atom. The van der Waals surface area contributed by atoms with E-state index in [2.05, 4.69) is 15.9 Å². The molecule has 1 heterocycles. The summed E-state index contributed by atoms with van der Waals surface area (Å²) in [6.07, 6.45) is 1.67. The zero-order chi connectivity index (χ0) is 19.4. The first-order valence-corrected chi connectivity index (χ1v) is 9.13. The number of hydrogen-bond donors (Lipinski definition) is 1. The van der Waals surface area contributed by atoms with Crippen LogP contribution in [0.2, 0.25) is 0 Å². The molecule has 0 radical (unpaired) electrons. The second-order valence-electron chi connectivity index (χ2n) is 6.16. The molecule has 0 aliphatic carbocycles. The molecule has 0 amide bonds. The fraction of sp³-hybridized carbons (Fsp3) is 0.143. The molecule has 0 aliphatic rings. The minimum Gasteiger partial charge on any atom is -0.487 e. The first-order chi connectivity index (χ1) is 13.0. The number of aromatic nitrogens is 1. The van der Waals surface area contributed by atoms with Crippen molar-refractivity contribution >= 4 is 21.9 Å². The summed E-state index contributed by atoms with van der Waals surface area (Å²) in [7, 11) is 0. The lowest BCUT2D eigenvalue weighted by atomic mass is 10.1. The van der Waals surface area contributed by atoms with Crippen LogP contribution >= 0.6 is 15.9 Å². The van der Waals surface area contributed by atoms with Crippen molar-refractivity contribution in [2.24, 2.45) is 0 Å². The minimum absolute atomic E-state index is 0.208. The molecule has 6 heteroatoms. The van der Waals surface area contributed by atoms with Gasteiger partial charge in [0.05, 0.1) is 12.1 Å². The van der Waals surface area contributed by atoms with Crippen molar-refractivity contribution in [1.82, 2.24) is 4.57 Å². The van der Waals surface area contributed by atoms with Crippen molar-refractivity contribution in [3.8, 4) is 5.75 Å². The van der Waals surface area contributed by atoms with Gasteiger partial charge in [-0.3, -0.25) is 4.79 Å². The first-order valence-electron chi connectivity index (χ1n) is 8.34. The third-order valence-corrected chi connectivity index (χ3v) is 4.91. The lowest BCUT2D eigenvalue weighted by Gasteiger charge is -2.12. The van der Waals surface area contributed by atoms with Crippen LogP contribution in [-0.4, -0.2) is 15.6 Å². The van der Waals surface area contributed by atoms with Gasteiger partial charge < -0.3 is 14.4 Å². The molecule has 27 heavy (non-hydrogen) atoms. The number of aryl methyl sites for hydroxylation is 1. The Hall–Kier alpha value is -2.86. The highest BCUT2D eigenvalue weighted by Crippen LogP contribution is 2.22. The highest BCUT2D eigenvalue weighted by Gasteiger charge is 2.11. The number of nitrogens with zero attached hydrogens (tertiary/aromatic N) is 1. The molecule has 5 nitrogen and oxygen atoms in total. The monoisotopic (exact) mass is 427 g/mol. The largest absolute Gasteiger partial charge is 0.487 e. The molecule has 0 unspecified atom stereocenters. The highest BCUT2D eigenvalue weighted by atomic mass is 79.9. The number of carbonyl (C=O) groups is 1. The van der Waals surface area contributed by atoms with Gasteiger partial charge in [-0.05, 0) is 51.7 Å². The van der Waals surface area contributed by atoms with E-state index in [1.165, 1.54) is 0 Å². The fourth-order valence-corrected chi connectivity index (χ4v) is 3.24. The number of ether oxygens (including phenoxy) is 1. The molecule has 1 aromatic heterocycles. The summed E-state index contributed by atoms with van der Waals surface area (Å²) >= 11 is 3.33. The van der Waals surface area contributed by atoms with Crippen molar-refractivity contribution in [2.75, 3.05) is 0 Å². The molecule has 0 spiro atoms. The van der Waals surface area contributed by atoms with Crippen LogP contribution in [0.1, 0.15) is 27.0 Å². The SMILES string of the molecule is Cc1cc(Cn2ccc(OCc3ccccc3)c(Br)c2=O)ccc1C(=O)O. The smallest absolute Gasteiger partial charge is 0.335 e. The summed E-state index contributed by atoms with van der Waals surface area (Å²) in [5.74, 6) is -0.476. The maximum atomic E-state index is 12.6. The molecule has 0 aliphatic heterocycles. The van der Waals surface area contributed by atoms with E-state index >= 15 is 0 Å². The Morgan fingerprint density at radius 1 is 1.11 bits per heavy atom. The van der Waals surface area contributed by atoms with Crippen molar-refractivity contribution in [3.63, 3.8) is 0 Å². The third-order valence-electron chi connectivity index (χ3n) is 4.18. The standard InChI is InChI=1S/C21H18BrNO4/c1-14-11-16(7-8-17(14)21(25)26)12-23-10-9-18(19(22)20(23)24)27-13-15-5-3-2-4-6-15/h2-11H,12-13H2,1H3,(H,25,26). The average molecular weight is 428 g/mol. The zero-order valence-electron chi connectivity index (χ0n) is 14.7. The number of pyridine rings is 1. The van der Waals surface area contributed by atoms with Crippen molar-refractivity contribution in [3.05, 3.63) is 97.9 Å². The fourth-order valence-electron chi connectivity index (χ4n) is 2.76. The van der Waals surface area contributed by atoms with Gasteiger partial charge in [-0.25, -0.2) is 4.79 Å². The van der Waals surface area contributed by atoms with E-state index < -0.39 is 5.97 Å². The number of rotatable bonds is 6. The van der Waals surface area contributed by atoms with Gasteiger partial charge >= 0.3 is 5.97 Å². The van der Waals surface area contributed by atoms with E-state index in [-0.39, 0.29) is 11.1 Å². The topological polar surface area (TPSA) is 68.5 Å². The van der Waals surface area contributed by atoms with Crippen molar-refractivity contribution < 1.29 is 14.6 Å². The van der Waals surface area contributed by atoms with Gasteiger partial charge in [0, 0.05) is 6.20 Å². The van der Waals surface area contributed by atoms with E-state index in [1.54, 1.807) is 42.0 Å². The zero-order valence-corrected chi connectivity index (χ0v) is 16.3. The maximum absolute atomic E-state index is 12.6. The van der Waals surface area contributed by atoms with Crippen LogP contribution in [0.5, 0.6) is 5.75 Å². The second-order valence-corrected chi connectivity index (χ2v) is 6.95. The molecule has 0 saturated heterocycles. The normalized spacial score (nSPS) is 10.6. The van der Waals surface area contributed by atoms with Crippen LogP contribution in [0.3, 0.4) is 0 Å². The van der Waals surface area contributed by atoms with Gasteiger partial charge in [-0.1, -0.05) is 42.5 Å². The molecule has 0 atom stereocenters.